The fourth-order valence-corrected chi connectivity index (χ4v) is 5.23. The third-order valence-corrected chi connectivity index (χ3v) is 7.27. The Morgan fingerprint density at radius 2 is 1.69 bits per heavy atom. The van der Waals surface area contributed by atoms with Crippen LogP contribution in [-0.2, 0) is 16.0 Å². The number of nitrogens with one attached hydrogen (secondary N) is 1. The van der Waals surface area contributed by atoms with Gasteiger partial charge < -0.3 is 14.8 Å². The van der Waals surface area contributed by atoms with Gasteiger partial charge in [-0.1, -0.05) is 48.7 Å². The monoisotopic (exact) mass is 492 g/mol. The van der Waals surface area contributed by atoms with Gasteiger partial charge in [0.1, 0.15) is 17.5 Å². The second-order valence-electron chi connectivity index (χ2n) is 8.89. The molecule has 35 heavy (non-hydrogen) atoms. The van der Waals surface area contributed by atoms with Gasteiger partial charge in [0.05, 0.1) is 26.3 Å². The van der Waals surface area contributed by atoms with Gasteiger partial charge in [0.15, 0.2) is 0 Å². The van der Waals surface area contributed by atoms with Gasteiger partial charge in [0, 0.05) is 29.1 Å². The van der Waals surface area contributed by atoms with Crippen molar-refractivity contribution in [2.75, 3.05) is 19.1 Å². The maximum absolute atomic E-state index is 13.9. The lowest BCUT2D eigenvalue weighted by Crippen LogP contribution is -2.46. The minimum atomic E-state index is -0.833. The number of hydrogen-bond acceptors (Lipinski definition) is 5. The molecule has 0 bridgehead atoms. The number of methoxy groups -OCH3 is 2. The van der Waals surface area contributed by atoms with E-state index in [0.29, 0.717) is 17.2 Å². The second kappa shape index (κ2) is 11.4. The zero-order chi connectivity index (χ0) is 24.8. The summed E-state index contributed by atoms with van der Waals surface area (Å²) in [5.74, 6) is 0.747. The van der Waals surface area contributed by atoms with Gasteiger partial charge >= 0.3 is 0 Å². The smallest absolute Gasteiger partial charge is 0.248 e. The highest BCUT2D eigenvalue weighted by Gasteiger charge is 2.35. The highest BCUT2D eigenvalue weighted by atomic mass is 32.1. The number of benzene rings is 2. The maximum Gasteiger partial charge on any atom is 0.248 e. The molecular weight excluding hydrogens is 460 g/mol. The number of amides is 2. The molecule has 184 valence electrons. The molecule has 1 heterocycles. The Bertz CT molecular complexity index is 1120. The lowest BCUT2D eigenvalue weighted by molar-refractivity contribution is -0.127. The second-order valence-corrected chi connectivity index (χ2v) is 9.93. The molecule has 1 aromatic heterocycles. The van der Waals surface area contributed by atoms with Crippen LogP contribution >= 0.6 is 11.3 Å². The van der Waals surface area contributed by atoms with Crippen LogP contribution < -0.4 is 19.7 Å². The quantitative estimate of drug-likeness (QED) is 0.431. The molecule has 0 radical (unpaired) electrons. The zero-order valence-corrected chi connectivity index (χ0v) is 21.3. The molecule has 0 saturated heterocycles. The molecule has 7 heteroatoms. The summed E-state index contributed by atoms with van der Waals surface area (Å²) in [4.78, 5) is 30.3. The molecule has 1 unspecified atom stereocenters. The number of carbonyl (C=O) groups is 2. The highest BCUT2D eigenvalue weighted by Crippen LogP contribution is 2.35. The third-order valence-electron chi connectivity index (χ3n) is 6.39. The molecule has 1 atom stereocenters. The molecule has 1 N–H and O–H groups in total. The molecular formula is C28H32N2O4S. The van der Waals surface area contributed by atoms with E-state index in [1.807, 2.05) is 48.7 Å². The third kappa shape index (κ3) is 6.03. The van der Waals surface area contributed by atoms with E-state index in [4.69, 9.17) is 9.47 Å². The van der Waals surface area contributed by atoms with Gasteiger partial charge in [-0.05, 0) is 36.8 Å². The summed E-state index contributed by atoms with van der Waals surface area (Å²) < 4.78 is 11.0. The topological polar surface area (TPSA) is 67.9 Å². The number of ether oxygens (including phenoxy) is 2. The number of carbonyl (C=O) groups excluding carboxylic acids is 2. The minimum absolute atomic E-state index is 0.129. The van der Waals surface area contributed by atoms with Gasteiger partial charge in [0.25, 0.3) is 0 Å². The molecule has 1 fully saturated rings. The number of nitrogens with zero attached hydrogens (tertiary/aromatic N) is 1. The standard InChI is InChI=1S/C28H32N2O4S/c1-19-10-12-20(13-11-19)27(28(32)29-21-7-4-5-8-21)30(26(31)18-25-9-6-14-35-25)22-15-23(33-2)17-24(16-22)34-3/h6,9-17,21,27H,4-5,7-8,18H2,1-3H3,(H,29,32). The molecule has 1 saturated carbocycles. The van der Waals surface area contributed by atoms with Crippen molar-refractivity contribution in [3.05, 3.63) is 76.0 Å². The van der Waals surface area contributed by atoms with Crippen molar-refractivity contribution < 1.29 is 19.1 Å². The van der Waals surface area contributed by atoms with E-state index in [1.54, 1.807) is 37.3 Å². The van der Waals surface area contributed by atoms with E-state index >= 15 is 0 Å². The maximum atomic E-state index is 13.9. The van der Waals surface area contributed by atoms with Gasteiger partial charge in [-0.3, -0.25) is 14.5 Å². The Balaban J connectivity index is 1.81. The van der Waals surface area contributed by atoms with Gasteiger partial charge in [-0.2, -0.15) is 0 Å². The Hall–Kier alpha value is -3.32. The van der Waals surface area contributed by atoms with Crippen molar-refractivity contribution in [3.8, 4) is 11.5 Å². The van der Waals surface area contributed by atoms with Crippen LogP contribution in [-0.4, -0.2) is 32.1 Å². The number of anilines is 1. The molecule has 2 amide bonds. The summed E-state index contributed by atoms with van der Waals surface area (Å²) in [6.07, 6.45) is 4.32. The first kappa shape index (κ1) is 24.8. The molecule has 3 aromatic rings. The summed E-state index contributed by atoms with van der Waals surface area (Å²) in [5, 5.41) is 5.17. The number of hydrogen-bond donors (Lipinski definition) is 1. The van der Waals surface area contributed by atoms with E-state index < -0.39 is 6.04 Å². The fraction of sp³-hybridized carbons (Fsp3) is 0.357. The van der Waals surface area contributed by atoms with Crippen LogP contribution in [0.15, 0.2) is 60.0 Å². The Morgan fingerprint density at radius 3 is 2.26 bits per heavy atom. The van der Waals surface area contributed by atoms with E-state index in [1.165, 1.54) is 11.3 Å². The summed E-state index contributed by atoms with van der Waals surface area (Å²) in [6.45, 7) is 2.00. The first-order valence-corrected chi connectivity index (χ1v) is 12.8. The molecule has 0 spiro atoms. The van der Waals surface area contributed by atoms with E-state index in [9.17, 15) is 9.59 Å². The largest absolute Gasteiger partial charge is 0.497 e. The number of rotatable bonds is 9. The van der Waals surface area contributed by atoms with E-state index in [0.717, 1.165) is 41.7 Å². The van der Waals surface area contributed by atoms with Crippen LogP contribution in [0.1, 0.15) is 47.7 Å². The number of aryl methyl sites for hydroxylation is 1. The Kier molecular flexibility index (Phi) is 8.08. The first-order valence-electron chi connectivity index (χ1n) is 11.9. The summed E-state index contributed by atoms with van der Waals surface area (Å²) in [6, 6.07) is 16.3. The Morgan fingerprint density at radius 1 is 1.03 bits per heavy atom. The summed E-state index contributed by atoms with van der Waals surface area (Å²) in [5.41, 5.74) is 2.39. The van der Waals surface area contributed by atoms with Crippen molar-refractivity contribution in [1.82, 2.24) is 5.32 Å². The lowest BCUT2D eigenvalue weighted by atomic mass is 10.0. The van der Waals surface area contributed by atoms with E-state index in [2.05, 4.69) is 5.32 Å². The van der Waals surface area contributed by atoms with Gasteiger partial charge in [-0.15, -0.1) is 11.3 Å². The average molecular weight is 493 g/mol. The molecule has 4 rings (SSSR count). The fourth-order valence-electron chi connectivity index (χ4n) is 4.53. The molecule has 6 nitrogen and oxygen atoms in total. The van der Waals surface area contributed by atoms with Gasteiger partial charge in [-0.25, -0.2) is 0 Å². The average Bonchev–Trinajstić information content (AvgIpc) is 3.57. The lowest BCUT2D eigenvalue weighted by Gasteiger charge is -2.33. The van der Waals surface area contributed by atoms with Crippen LogP contribution in [0.4, 0.5) is 5.69 Å². The van der Waals surface area contributed by atoms with Crippen molar-refractivity contribution in [1.29, 1.82) is 0 Å². The van der Waals surface area contributed by atoms with Crippen LogP contribution in [0.5, 0.6) is 11.5 Å². The van der Waals surface area contributed by atoms with Crippen LogP contribution in [0, 0.1) is 6.92 Å². The normalized spacial score (nSPS) is 14.4. The van der Waals surface area contributed by atoms with Crippen molar-refractivity contribution in [2.24, 2.45) is 0 Å². The zero-order valence-electron chi connectivity index (χ0n) is 20.5. The van der Waals surface area contributed by atoms with Crippen LogP contribution in [0.2, 0.25) is 0 Å². The molecule has 2 aromatic carbocycles. The van der Waals surface area contributed by atoms with Crippen LogP contribution in [0.25, 0.3) is 0 Å². The molecule has 0 aliphatic heterocycles. The summed E-state index contributed by atoms with van der Waals surface area (Å²) >= 11 is 1.53. The summed E-state index contributed by atoms with van der Waals surface area (Å²) in [7, 11) is 3.14. The predicted octanol–water partition coefficient (Wildman–Crippen LogP) is 5.45. The first-order chi connectivity index (χ1) is 17.0. The van der Waals surface area contributed by atoms with Gasteiger partial charge in [0.2, 0.25) is 11.8 Å². The van der Waals surface area contributed by atoms with Crippen molar-refractivity contribution >= 4 is 28.8 Å². The van der Waals surface area contributed by atoms with Crippen molar-refractivity contribution in [3.63, 3.8) is 0 Å². The van der Waals surface area contributed by atoms with Crippen LogP contribution in [0.3, 0.4) is 0 Å². The predicted molar refractivity (Wildman–Crippen MR) is 139 cm³/mol. The van der Waals surface area contributed by atoms with Crippen molar-refractivity contribution in [2.45, 2.75) is 51.1 Å². The number of thiophene rings is 1. The molecule has 1 aliphatic carbocycles. The molecule has 1 aliphatic rings. The minimum Gasteiger partial charge on any atom is -0.497 e. The SMILES string of the molecule is COc1cc(OC)cc(N(C(=O)Cc2cccs2)C(C(=O)NC2CCCC2)c2ccc(C)cc2)c1. The Labute approximate surface area is 210 Å². The van der Waals surface area contributed by atoms with E-state index in [-0.39, 0.29) is 24.3 Å². The highest BCUT2D eigenvalue weighted by molar-refractivity contribution is 7.10.